The summed E-state index contributed by atoms with van der Waals surface area (Å²) in [5.74, 6) is 0.316. The molecule has 1 aromatic heterocycles. The van der Waals surface area contributed by atoms with E-state index in [0.717, 1.165) is 39.5 Å². The van der Waals surface area contributed by atoms with Gasteiger partial charge in [-0.25, -0.2) is 0 Å². The molecule has 0 N–H and O–H groups in total. The summed E-state index contributed by atoms with van der Waals surface area (Å²) in [5.41, 5.74) is 3.96. The second-order valence-corrected chi connectivity index (χ2v) is 10.2. The van der Waals surface area contributed by atoms with Crippen LogP contribution in [-0.2, 0) is 11.3 Å². The van der Waals surface area contributed by atoms with Crippen LogP contribution in [0.3, 0.4) is 0 Å². The number of rotatable bonds is 7. The van der Waals surface area contributed by atoms with E-state index in [1.54, 1.807) is 24.3 Å². The van der Waals surface area contributed by atoms with E-state index in [2.05, 4.69) is 10.6 Å². The minimum Gasteiger partial charge on any atom is -0.492 e. The summed E-state index contributed by atoms with van der Waals surface area (Å²) < 4.78 is 7.86. The molecule has 0 unspecified atom stereocenters. The summed E-state index contributed by atoms with van der Waals surface area (Å²) in [6, 6.07) is 22.8. The van der Waals surface area contributed by atoms with Gasteiger partial charge in [0.1, 0.15) is 12.4 Å². The van der Waals surface area contributed by atoms with Crippen LogP contribution in [0.4, 0.5) is 4.79 Å². The van der Waals surface area contributed by atoms with Gasteiger partial charge in [-0.15, -0.1) is 0 Å². The van der Waals surface area contributed by atoms with Crippen LogP contribution in [-0.4, -0.2) is 33.8 Å². The van der Waals surface area contributed by atoms with Gasteiger partial charge in [0.15, 0.2) is 0 Å². The fourth-order valence-electron chi connectivity index (χ4n) is 4.25. The lowest BCUT2D eigenvalue weighted by atomic mass is 10.1. The van der Waals surface area contributed by atoms with Crippen LogP contribution in [0.25, 0.3) is 17.0 Å². The first-order valence-corrected chi connectivity index (χ1v) is 12.9. The zero-order valence-electron chi connectivity index (χ0n) is 19.4. The smallest absolute Gasteiger partial charge is 0.293 e. The summed E-state index contributed by atoms with van der Waals surface area (Å²) in [7, 11) is 0. The number of carbonyl (C=O) groups excluding carboxylic acids is 2. The maximum Gasteiger partial charge on any atom is 0.293 e. The molecule has 8 heteroatoms. The average molecular weight is 537 g/mol. The molecular formula is C28H22Cl2N2O3S. The fourth-order valence-corrected chi connectivity index (χ4v) is 5.42. The Hall–Kier alpha value is -3.19. The highest BCUT2D eigenvalue weighted by molar-refractivity contribution is 8.18. The zero-order valence-corrected chi connectivity index (χ0v) is 21.7. The lowest BCUT2D eigenvalue weighted by molar-refractivity contribution is -0.123. The number of aromatic nitrogens is 1. The molecule has 5 rings (SSSR count). The van der Waals surface area contributed by atoms with Gasteiger partial charge in [0.05, 0.1) is 11.4 Å². The quantitative estimate of drug-likeness (QED) is 0.230. The molecule has 0 spiro atoms. The van der Waals surface area contributed by atoms with Crippen molar-refractivity contribution in [1.29, 1.82) is 0 Å². The van der Waals surface area contributed by atoms with Gasteiger partial charge in [-0.1, -0.05) is 59.6 Å². The van der Waals surface area contributed by atoms with E-state index in [-0.39, 0.29) is 24.3 Å². The van der Waals surface area contributed by atoms with E-state index in [0.29, 0.717) is 27.2 Å². The molecule has 1 aliphatic rings. The van der Waals surface area contributed by atoms with Crippen molar-refractivity contribution in [3.8, 4) is 5.75 Å². The highest BCUT2D eigenvalue weighted by Gasteiger charge is 2.35. The minimum absolute atomic E-state index is 0.165. The van der Waals surface area contributed by atoms with Gasteiger partial charge in [0.25, 0.3) is 11.1 Å². The number of imide groups is 1. The Kier molecular flexibility index (Phi) is 7.10. The summed E-state index contributed by atoms with van der Waals surface area (Å²) in [6.45, 7) is 2.98. The molecule has 182 valence electrons. The van der Waals surface area contributed by atoms with Crippen LogP contribution in [0.1, 0.15) is 16.8 Å². The van der Waals surface area contributed by atoms with Crippen molar-refractivity contribution in [2.75, 3.05) is 13.2 Å². The number of ether oxygens (including phenoxy) is 1. The average Bonchev–Trinajstić information content (AvgIpc) is 3.29. The van der Waals surface area contributed by atoms with Gasteiger partial charge in [0, 0.05) is 38.8 Å². The molecule has 4 aromatic rings. The molecular weight excluding hydrogens is 515 g/mol. The SMILES string of the molecule is Cc1c(/C=C2\SC(=O)N(CCOc3ccc(Cl)cc3)C2=O)c2ccccc2n1Cc1ccccc1Cl. The standard InChI is InChI=1S/C28H22Cl2N2O3S/c1-18-23(22-7-3-5-9-25(22)32(18)17-19-6-2-4-8-24(19)30)16-26-27(33)31(28(34)36-26)14-15-35-21-12-10-20(29)11-13-21/h2-13,16H,14-15,17H2,1H3/b26-16-. The van der Waals surface area contributed by atoms with Gasteiger partial charge in [-0.2, -0.15) is 0 Å². The third kappa shape index (κ3) is 4.89. The van der Waals surface area contributed by atoms with Crippen LogP contribution >= 0.6 is 35.0 Å². The number of hydrogen-bond donors (Lipinski definition) is 0. The third-order valence-electron chi connectivity index (χ3n) is 6.11. The largest absolute Gasteiger partial charge is 0.492 e. The van der Waals surface area contributed by atoms with Crippen molar-refractivity contribution >= 4 is 63.1 Å². The van der Waals surface area contributed by atoms with Crippen molar-refractivity contribution in [2.45, 2.75) is 13.5 Å². The maximum atomic E-state index is 13.1. The molecule has 0 aliphatic carbocycles. The molecule has 1 saturated heterocycles. The highest BCUT2D eigenvalue weighted by atomic mass is 35.5. The molecule has 2 amide bonds. The van der Waals surface area contributed by atoms with Crippen LogP contribution in [0.15, 0.2) is 77.7 Å². The first-order chi connectivity index (χ1) is 17.4. The van der Waals surface area contributed by atoms with Crippen molar-refractivity contribution in [3.05, 3.63) is 105 Å². The monoisotopic (exact) mass is 536 g/mol. The van der Waals surface area contributed by atoms with Gasteiger partial charge < -0.3 is 9.30 Å². The topological polar surface area (TPSA) is 51.5 Å². The van der Waals surface area contributed by atoms with Gasteiger partial charge in [-0.05, 0) is 66.7 Å². The van der Waals surface area contributed by atoms with E-state index in [1.807, 2.05) is 55.5 Å². The normalized spacial score (nSPS) is 14.9. The van der Waals surface area contributed by atoms with E-state index in [4.69, 9.17) is 27.9 Å². The number of carbonyl (C=O) groups is 2. The Balaban J connectivity index is 1.39. The number of fused-ring (bicyclic) bond motifs is 1. The first-order valence-electron chi connectivity index (χ1n) is 11.4. The van der Waals surface area contributed by atoms with Crippen molar-refractivity contribution < 1.29 is 14.3 Å². The van der Waals surface area contributed by atoms with E-state index in [1.165, 1.54) is 4.90 Å². The number of nitrogens with zero attached hydrogens (tertiary/aromatic N) is 2. The second-order valence-electron chi connectivity index (χ2n) is 8.33. The number of para-hydroxylation sites is 1. The van der Waals surface area contributed by atoms with Gasteiger partial charge in [-0.3, -0.25) is 14.5 Å². The molecule has 3 aromatic carbocycles. The number of thioether (sulfide) groups is 1. The third-order valence-corrected chi connectivity index (χ3v) is 7.64. The maximum absolute atomic E-state index is 13.1. The summed E-state index contributed by atoms with van der Waals surface area (Å²) in [6.07, 6.45) is 1.83. The molecule has 0 saturated carbocycles. The Bertz CT molecular complexity index is 1490. The van der Waals surface area contributed by atoms with Crippen LogP contribution in [0.5, 0.6) is 5.75 Å². The molecule has 1 fully saturated rings. The molecule has 36 heavy (non-hydrogen) atoms. The van der Waals surface area contributed by atoms with E-state index < -0.39 is 0 Å². The zero-order chi connectivity index (χ0) is 25.2. The van der Waals surface area contributed by atoms with Gasteiger partial charge in [0.2, 0.25) is 0 Å². The van der Waals surface area contributed by atoms with E-state index >= 15 is 0 Å². The predicted octanol–water partition coefficient (Wildman–Crippen LogP) is 7.42. The van der Waals surface area contributed by atoms with Crippen LogP contribution in [0, 0.1) is 6.92 Å². The highest BCUT2D eigenvalue weighted by Crippen LogP contribution is 2.36. The number of hydrogen-bond acceptors (Lipinski definition) is 4. The van der Waals surface area contributed by atoms with Crippen LogP contribution < -0.4 is 4.74 Å². The Morgan fingerprint density at radius 3 is 2.44 bits per heavy atom. The molecule has 0 bridgehead atoms. The molecule has 0 radical (unpaired) electrons. The Morgan fingerprint density at radius 1 is 0.944 bits per heavy atom. The first kappa shape index (κ1) is 24.5. The lowest BCUT2D eigenvalue weighted by Crippen LogP contribution is -2.32. The number of amides is 2. The van der Waals surface area contributed by atoms with Crippen molar-refractivity contribution in [3.63, 3.8) is 0 Å². The van der Waals surface area contributed by atoms with E-state index in [9.17, 15) is 9.59 Å². The summed E-state index contributed by atoms with van der Waals surface area (Å²) in [5, 5.41) is 2.03. The number of benzene rings is 3. The molecule has 5 nitrogen and oxygen atoms in total. The van der Waals surface area contributed by atoms with Crippen molar-refractivity contribution in [1.82, 2.24) is 9.47 Å². The second kappa shape index (κ2) is 10.4. The molecule has 1 aliphatic heterocycles. The number of halogens is 2. The van der Waals surface area contributed by atoms with Crippen molar-refractivity contribution in [2.24, 2.45) is 0 Å². The molecule has 2 heterocycles. The van der Waals surface area contributed by atoms with Crippen LogP contribution in [0.2, 0.25) is 10.0 Å². The Morgan fingerprint density at radius 2 is 1.67 bits per heavy atom. The minimum atomic E-state index is -0.313. The fraction of sp³-hybridized carbons (Fsp3) is 0.143. The Labute approximate surface area is 223 Å². The van der Waals surface area contributed by atoms with Gasteiger partial charge >= 0.3 is 0 Å². The molecule has 0 atom stereocenters. The summed E-state index contributed by atoms with van der Waals surface area (Å²) in [4.78, 5) is 27.4. The lowest BCUT2D eigenvalue weighted by Gasteiger charge is -2.13. The summed E-state index contributed by atoms with van der Waals surface area (Å²) >= 11 is 13.3. The predicted molar refractivity (Wildman–Crippen MR) is 147 cm³/mol.